The van der Waals surface area contributed by atoms with Gasteiger partial charge >= 0.3 is 0 Å². The maximum Gasteiger partial charge on any atom is 0.252 e. The number of nitrogens with two attached hydrogens (primary N) is 1. The van der Waals surface area contributed by atoms with E-state index in [1.807, 2.05) is 6.08 Å². The number of nitrogen functional groups attached to an aromatic ring is 1. The van der Waals surface area contributed by atoms with Crippen molar-refractivity contribution in [2.75, 3.05) is 18.8 Å². The van der Waals surface area contributed by atoms with E-state index < -0.39 is 10.0 Å². The molecule has 2 heterocycles. The van der Waals surface area contributed by atoms with E-state index in [4.69, 9.17) is 5.73 Å². The molecule has 0 atom stereocenters. The molecule has 0 saturated heterocycles. The summed E-state index contributed by atoms with van der Waals surface area (Å²) in [6.07, 6.45) is 2.83. The number of thiophene rings is 1. The summed E-state index contributed by atoms with van der Waals surface area (Å²) in [7, 11) is -3.38. The SMILES string of the molecule is CC(C)(C)C1=CCN(S(=O)(=O)c2cc(N)cs2)CC1. The van der Waals surface area contributed by atoms with Crippen molar-refractivity contribution in [2.24, 2.45) is 5.41 Å². The highest BCUT2D eigenvalue weighted by atomic mass is 32.2. The standard InChI is InChI=1S/C13H20N2O2S2/c1-13(2,3)10-4-6-15(7-5-10)19(16,17)12-8-11(14)9-18-12/h4,8-9H,5-7,14H2,1-3H3. The Labute approximate surface area is 119 Å². The van der Waals surface area contributed by atoms with Crippen LogP contribution in [0.5, 0.6) is 0 Å². The Balaban J connectivity index is 2.20. The highest BCUT2D eigenvalue weighted by Crippen LogP contribution is 2.32. The van der Waals surface area contributed by atoms with Gasteiger partial charge in [0, 0.05) is 24.2 Å². The number of hydrogen-bond acceptors (Lipinski definition) is 4. The van der Waals surface area contributed by atoms with Gasteiger partial charge in [-0.2, -0.15) is 4.31 Å². The predicted molar refractivity (Wildman–Crippen MR) is 79.6 cm³/mol. The smallest absolute Gasteiger partial charge is 0.252 e. The Kier molecular flexibility index (Phi) is 3.77. The summed E-state index contributed by atoms with van der Waals surface area (Å²) in [5, 5.41) is 1.66. The van der Waals surface area contributed by atoms with Gasteiger partial charge in [-0.25, -0.2) is 8.42 Å². The van der Waals surface area contributed by atoms with E-state index in [9.17, 15) is 8.42 Å². The second kappa shape index (κ2) is 4.92. The van der Waals surface area contributed by atoms with E-state index in [0.717, 1.165) is 6.42 Å². The first-order chi connectivity index (χ1) is 8.71. The molecule has 0 aliphatic carbocycles. The zero-order valence-electron chi connectivity index (χ0n) is 11.5. The molecular weight excluding hydrogens is 280 g/mol. The fourth-order valence-corrected chi connectivity index (χ4v) is 4.76. The molecule has 106 valence electrons. The molecule has 4 nitrogen and oxygen atoms in total. The van der Waals surface area contributed by atoms with E-state index in [1.54, 1.807) is 5.38 Å². The van der Waals surface area contributed by atoms with Crippen molar-refractivity contribution >= 4 is 27.0 Å². The maximum absolute atomic E-state index is 12.4. The van der Waals surface area contributed by atoms with E-state index in [1.165, 1.54) is 27.3 Å². The highest BCUT2D eigenvalue weighted by molar-refractivity contribution is 7.91. The van der Waals surface area contributed by atoms with E-state index in [0.29, 0.717) is 23.0 Å². The molecule has 1 aliphatic heterocycles. The molecule has 0 aromatic carbocycles. The van der Waals surface area contributed by atoms with Crippen LogP contribution in [0.25, 0.3) is 0 Å². The number of nitrogens with zero attached hydrogens (tertiary/aromatic N) is 1. The maximum atomic E-state index is 12.4. The van der Waals surface area contributed by atoms with Crippen molar-refractivity contribution < 1.29 is 8.42 Å². The second-order valence-electron chi connectivity index (χ2n) is 5.79. The van der Waals surface area contributed by atoms with Crippen LogP contribution in [-0.4, -0.2) is 25.8 Å². The summed E-state index contributed by atoms with van der Waals surface area (Å²) >= 11 is 1.18. The molecular formula is C13H20N2O2S2. The Morgan fingerprint density at radius 3 is 2.47 bits per heavy atom. The van der Waals surface area contributed by atoms with E-state index in [2.05, 4.69) is 20.8 Å². The lowest BCUT2D eigenvalue weighted by molar-refractivity contribution is 0.390. The molecule has 0 bridgehead atoms. The monoisotopic (exact) mass is 300 g/mol. The van der Waals surface area contributed by atoms with E-state index >= 15 is 0 Å². The molecule has 0 fully saturated rings. The van der Waals surface area contributed by atoms with Crippen LogP contribution >= 0.6 is 11.3 Å². The molecule has 6 heteroatoms. The lowest BCUT2D eigenvalue weighted by atomic mass is 9.83. The van der Waals surface area contributed by atoms with Crippen LogP contribution in [0.1, 0.15) is 27.2 Å². The van der Waals surface area contributed by atoms with Gasteiger partial charge in [0.1, 0.15) is 4.21 Å². The van der Waals surface area contributed by atoms with Crippen molar-refractivity contribution in [3.63, 3.8) is 0 Å². The van der Waals surface area contributed by atoms with Gasteiger partial charge in [-0.1, -0.05) is 32.4 Å². The van der Waals surface area contributed by atoms with Gasteiger partial charge in [-0.05, 0) is 17.9 Å². The molecule has 0 unspecified atom stereocenters. The van der Waals surface area contributed by atoms with Gasteiger partial charge in [0.2, 0.25) is 0 Å². The summed E-state index contributed by atoms with van der Waals surface area (Å²) in [5.74, 6) is 0. The quantitative estimate of drug-likeness (QED) is 0.854. The van der Waals surface area contributed by atoms with E-state index in [-0.39, 0.29) is 5.41 Å². The summed E-state index contributed by atoms with van der Waals surface area (Å²) in [6, 6.07) is 1.53. The third kappa shape index (κ3) is 3.01. The molecule has 2 rings (SSSR count). The number of hydrogen-bond donors (Lipinski definition) is 1. The summed E-state index contributed by atoms with van der Waals surface area (Å²) in [5.41, 5.74) is 7.54. The number of rotatable bonds is 2. The van der Waals surface area contributed by atoms with Crippen molar-refractivity contribution in [1.29, 1.82) is 0 Å². The first kappa shape index (κ1) is 14.6. The molecule has 0 spiro atoms. The fourth-order valence-electron chi connectivity index (χ4n) is 2.14. The Morgan fingerprint density at radius 1 is 1.37 bits per heavy atom. The molecule has 1 aromatic rings. The third-order valence-electron chi connectivity index (χ3n) is 3.33. The van der Waals surface area contributed by atoms with Crippen LogP contribution in [0.15, 0.2) is 27.3 Å². The van der Waals surface area contributed by atoms with Crippen LogP contribution in [0.3, 0.4) is 0 Å². The number of sulfonamides is 1. The van der Waals surface area contributed by atoms with Crippen LogP contribution in [-0.2, 0) is 10.0 Å². The van der Waals surface area contributed by atoms with Gasteiger partial charge in [-0.15, -0.1) is 11.3 Å². The average molecular weight is 300 g/mol. The Hall–Kier alpha value is -0.850. The van der Waals surface area contributed by atoms with Crippen LogP contribution in [0, 0.1) is 5.41 Å². The first-order valence-electron chi connectivity index (χ1n) is 6.25. The lowest BCUT2D eigenvalue weighted by Crippen LogP contribution is -2.36. The van der Waals surface area contributed by atoms with Crippen molar-refractivity contribution in [3.05, 3.63) is 23.1 Å². The minimum atomic E-state index is -3.38. The van der Waals surface area contributed by atoms with Crippen molar-refractivity contribution in [3.8, 4) is 0 Å². The molecule has 2 N–H and O–H groups in total. The summed E-state index contributed by atoms with van der Waals surface area (Å²) < 4.78 is 26.7. The van der Waals surface area contributed by atoms with Crippen molar-refractivity contribution in [1.82, 2.24) is 4.31 Å². The van der Waals surface area contributed by atoms with Gasteiger partial charge in [0.25, 0.3) is 10.0 Å². The topological polar surface area (TPSA) is 63.4 Å². The number of anilines is 1. The van der Waals surface area contributed by atoms with Gasteiger partial charge in [0.05, 0.1) is 0 Å². The van der Waals surface area contributed by atoms with Crippen molar-refractivity contribution in [2.45, 2.75) is 31.4 Å². The zero-order valence-corrected chi connectivity index (χ0v) is 13.1. The van der Waals surface area contributed by atoms with Crippen LogP contribution in [0.4, 0.5) is 5.69 Å². The van der Waals surface area contributed by atoms with Gasteiger partial charge in [0.15, 0.2) is 0 Å². The predicted octanol–water partition coefficient (Wildman–Crippen LogP) is 2.70. The molecule has 0 radical (unpaired) electrons. The summed E-state index contributed by atoms with van der Waals surface area (Å²) in [4.78, 5) is 0. The summed E-state index contributed by atoms with van der Waals surface area (Å²) in [6.45, 7) is 7.46. The average Bonchev–Trinajstić information content (AvgIpc) is 2.76. The normalized spacial score (nSPS) is 18.4. The third-order valence-corrected chi connectivity index (χ3v) is 6.62. The van der Waals surface area contributed by atoms with Gasteiger partial charge < -0.3 is 5.73 Å². The molecule has 19 heavy (non-hydrogen) atoms. The molecule has 1 aromatic heterocycles. The molecule has 1 aliphatic rings. The van der Waals surface area contributed by atoms with Crippen LogP contribution in [0.2, 0.25) is 0 Å². The second-order valence-corrected chi connectivity index (χ2v) is 8.87. The Morgan fingerprint density at radius 2 is 2.05 bits per heavy atom. The minimum Gasteiger partial charge on any atom is -0.398 e. The lowest BCUT2D eigenvalue weighted by Gasteiger charge is -2.31. The zero-order chi connectivity index (χ0) is 14.3. The molecule has 0 saturated carbocycles. The fraction of sp³-hybridized carbons (Fsp3) is 0.538. The molecule has 0 amide bonds. The minimum absolute atomic E-state index is 0.114. The first-order valence-corrected chi connectivity index (χ1v) is 8.57. The van der Waals surface area contributed by atoms with Crippen LogP contribution < -0.4 is 5.73 Å². The largest absolute Gasteiger partial charge is 0.398 e. The van der Waals surface area contributed by atoms with Gasteiger partial charge in [-0.3, -0.25) is 0 Å². The Bertz CT molecular complexity index is 594. The highest BCUT2D eigenvalue weighted by Gasteiger charge is 2.29.